The van der Waals surface area contributed by atoms with Crippen molar-refractivity contribution in [3.63, 3.8) is 0 Å². The number of ketones is 1. The number of carbonyl (C=O) groups is 1. The van der Waals surface area contributed by atoms with Gasteiger partial charge in [-0.1, -0.05) is 13.0 Å². The SMILES string of the molecule is CCc1ccc(OC)c(C(=O)C2COCCN2)c1. The fourth-order valence-electron chi connectivity index (χ4n) is 2.09. The van der Waals surface area contributed by atoms with Crippen molar-refractivity contribution in [2.75, 3.05) is 26.9 Å². The van der Waals surface area contributed by atoms with Gasteiger partial charge in [-0.3, -0.25) is 4.79 Å². The van der Waals surface area contributed by atoms with E-state index in [0.29, 0.717) is 31.1 Å². The number of rotatable bonds is 4. The van der Waals surface area contributed by atoms with Gasteiger partial charge in [0.05, 0.1) is 31.9 Å². The number of methoxy groups -OCH3 is 1. The molecule has 2 rings (SSSR count). The van der Waals surface area contributed by atoms with Crippen molar-refractivity contribution in [1.29, 1.82) is 0 Å². The molecule has 1 atom stereocenters. The molecule has 1 fully saturated rings. The summed E-state index contributed by atoms with van der Waals surface area (Å²) in [4.78, 5) is 12.4. The Morgan fingerprint density at radius 3 is 3.00 bits per heavy atom. The van der Waals surface area contributed by atoms with Crippen molar-refractivity contribution in [1.82, 2.24) is 5.32 Å². The van der Waals surface area contributed by atoms with Crippen LogP contribution < -0.4 is 10.1 Å². The molecule has 4 nitrogen and oxygen atoms in total. The first kappa shape index (κ1) is 13.1. The van der Waals surface area contributed by atoms with Crippen LogP contribution in [-0.2, 0) is 11.2 Å². The number of carbonyl (C=O) groups excluding carboxylic acids is 1. The summed E-state index contributed by atoms with van der Waals surface area (Å²) in [5, 5.41) is 3.18. The zero-order chi connectivity index (χ0) is 13.0. The summed E-state index contributed by atoms with van der Waals surface area (Å²) >= 11 is 0. The van der Waals surface area contributed by atoms with Gasteiger partial charge < -0.3 is 14.8 Å². The smallest absolute Gasteiger partial charge is 0.185 e. The van der Waals surface area contributed by atoms with Gasteiger partial charge in [0.2, 0.25) is 0 Å². The second-order valence-corrected chi connectivity index (χ2v) is 4.33. The normalized spacial score (nSPS) is 19.6. The summed E-state index contributed by atoms with van der Waals surface area (Å²) in [7, 11) is 1.59. The van der Waals surface area contributed by atoms with Gasteiger partial charge in [0.15, 0.2) is 5.78 Å². The first-order valence-electron chi connectivity index (χ1n) is 6.28. The van der Waals surface area contributed by atoms with Gasteiger partial charge in [-0.25, -0.2) is 0 Å². The molecule has 1 N–H and O–H groups in total. The number of benzene rings is 1. The minimum Gasteiger partial charge on any atom is -0.496 e. The maximum absolute atomic E-state index is 12.4. The highest BCUT2D eigenvalue weighted by Crippen LogP contribution is 2.22. The van der Waals surface area contributed by atoms with Crippen LogP contribution in [0.4, 0.5) is 0 Å². The number of Topliss-reactive ketones (excluding diaryl/α,β-unsaturated/α-hetero) is 1. The molecule has 1 aromatic rings. The molecule has 1 aliphatic rings. The van der Waals surface area contributed by atoms with Crippen molar-refractivity contribution < 1.29 is 14.3 Å². The number of hydrogen-bond acceptors (Lipinski definition) is 4. The minimum absolute atomic E-state index is 0.0434. The molecule has 1 aromatic carbocycles. The van der Waals surface area contributed by atoms with Crippen LogP contribution in [0.15, 0.2) is 18.2 Å². The van der Waals surface area contributed by atoms with Crippen LogP contribution >= 0.6 is 0 Å². The third-order valence-electron chi connectivity index (χ3n) is 3.18. The van der Waals surface area contributed by atoms with Gasteiger partial charge in [0, 0.05) is 6.54 Å². The fourth-order valence-corrected chi connectivity index (χ4v) is 2.09. The van der Waals surface area contributed by atoms with E-state index >= 15 is 0 Å². The Kier molecular flexibility index (Phi) is 4.33. The van der Waals surface area contributed by atoms with Crippen molar-refractivity contribution in [3.8, 4) is 5.75 Å². The number of morpholine rings is 1. The molecule has 0 saturated carbocycles. The van der Waals surface area contributed by atoms with E-state index in [2.05, 4.69) is 12.2 Å². The maximum atomic E-state index is 12.4. The standard InChI is InChI=1S/C14H19NO3/c1-3-10-4-5-13(17-2)11(8-10)14(16)12-9-18-7-6-15-12/h4-5,8,12,15H,3,6-7,9H2,1-2H3. The fraction of sp³-hybridized carbons (Fsp3) is 0.500. The Hall–Kier alpha value is -1.39. The summed E-state index contributed by atoms with van der Waals surface area (Å²) in [6.45, 7) is 3.87. The van der Waals surface area contributed by atoms with E-state index in [9.17, 15) is 4.79 Å². The van der Waals surface area contributed by atoms with Crippen LogP contribution in [-0.4, -0.2) is 38.7 Å². The van der Waals surface area contributed by atoms with E-state index in [0.717, 1.165) is 12.0 Å². The maximum Gasteiger partial charge on any atom is 0.185 e. The minimum atomic E-state index is -0.264. The van der Waals surface area contributed by atoms with Crippen LogP contribution in [0.3, 0.4) is 0 Å². The molecular formula is C14H19NO3. The zero-order valence-electron chi connectivity index (χ0n) is 10.9. The Labute approximate surface area is 107 Å². The lowest BCUT2D eigenvalue weighted by Gasteiger charge is -2.23. The Balaban J connectivity index is 2.26. The highest BCUT2D eigenvalue weighted by molar-refractivity contribution is 6.02. The second kappa shape index (κ2) is 5.98. The Morgan fingerprint density at radius 1 is 1.56 bits per heavy atom. The molecule has 1 aliphatic heterocycles. The van der Waals surface area contributed by atoms with Gasteiger partial charge in [-0.2, -0.15) is 0 Å². The van der Waals surface area contributed by atoms with Crippen LogP contribution in [0.25, 0.3) is 0 Å². The number of aryl methyl sites for hydroxylation is 1. The lowest BCUT2D eigenvalue weighted by molar-refractivity contribution is 0.0605. The molecule has 0 aromatic heterocycles. The van der Waals surface area contributed by atoms with Crippen molar-refractivity contribution in [2.24, 2.45) is 0 Å². The largest absolute Gasteiger partial charge is 0.496 e. The van der Waals surface area contributed by atoms with Crippen LogP contribution in [0.2, 0.25) is 0 Å². The second-order valence-electron chi connectivity index (χ2n) is 4.33. The highest BCUT2D eigenvalue weighted by atomic mass is 16.5. The first-order valence-corrected chi connectivity index (χ1v) is 6.28. The van der Waals surface area contributed by atoms with Crippen molar-refractivity contribution in [3.05, 3.63) is 29.3 Å². The third-order valence-corrected chi connectivity index (χ3v) is 3.18. The van der Waals surface area contributed by atoms with Crippen LogP contribution in [0.1, 0.15) is 22.8 Å². The lowest BCUT2D eigenvalue weighted by atomic mass is 9.99. The summed E-state index contributed by atoms with van der Waals surface area (Å²) in [5.74, 6) is 0.673. The van der Waals surface area contributed by atoms with Gasteiger partial charge in [-0.05, 0) is 24.1 Å². The van der Waals surface area contributed by atoms with Gasteiger partial charge in [0.25, 0.3) is 0 Å². The van der Waals surface area contributed by atoms with Crippen molar-refractivity contribution >= 4 is 5.78 Å². The van der Waals surface area contributed by atoms with E-state index in [-0.39, 0.29) is 11.8 Å². The highest BCUT2D eigenvalue weighted by Gasteiger charge is 2.25. The summed E-state index contributed by atoms with van der Waals surface area (Å²) in [5.41, 5.74) is 1.77. The summed E-state index contributed by atoms with van der Waals surface area (Å²) in [6, 6.07) is 5.49. The van der Waals surface area contributed by atoms with E-state index in [1.165, 1.54) is 0 Å². The molecule has 98 valence electrons. The number of ether oxygens (including phenoxy) is 2. The van der Waals surface area contributed by atoms with Crippen LogP contribution in [0.5, 0.6) is 5.75 Å². The molecule has 18 heavy (non-hydrogen) atoms. The van der Waals surface area contributed by atoms with Gasteiger partial charge in [0.1, 0.15) is 5.75 Å². The molecule has 0 spiro atoms. The topological polar surface area (TPSA) is 47.6 Å². The average Bonchev–Trinajstić information content (AvgIpc) is 2.46. The van der Waals surface area contributed by atoms with E-state index < -0.39 is 0 Å². The number of hydrogen-bond donors (Lipinski definition) is 1. The van der Waals surface area contributed by atoms with E-state index in [4.69, 9.17) is 9.47 Å². The van der Waals surface area contributed by atoms with Crippen molar-refractivity contribution in [2.45, 2.75) is 19.4 Å². The molecule has 0 amide bonds. The predicted molar refractivity (Wildman–Crippen MR) is 69.3 cm³/mol. The molecular weight excluding hydrogens is 230 g/mol. The average molecular weight is 249 g/mol. The van der Waals surface area contributed by atoms with E-state index in [1.807, 2.05) is 18.2 Å². The molecule has 0 aliphatic carbocycles. The number of nitrogens with one attached hydrogen (secondary N) is 1. The molecule has 1 unspecified atom stereocenters. The molecule has 0 radical (unpaired) electrons. The van der Waals surface area contributed by atoms with Gasteiger partial charge in [-0.15, -0.1) is 0 Å². The molecule has 1 saturated heterocycles. The predicted octanol–water partition coefficient (Wildman–Crippen LogP) is 1.43. The molecule has 1 heterocycles. The quantitative estimate of drug-likeness (QED) is 0.820. The monoisotopic (exact) mass is 249 g/mol. The molecule has 0 bridgehead atoms. The first-order chi connectivity index (χ1) is 8.76. The van der Waals surface area contributed by atoms with Gasteiger partial charge >= 0.3 is 0 Å². The third kappa shape index (κ3) is 2.71. The summed E-state index contributed by atoms with van der Waals surface area (Å²) in [6.07, 6.45) is 0.902. The van der Waals surface area contributed by atoms with E-state index in [1.54, 1.807) is 7.11 Å². The Bertz CT molecular complexity index is 425. The summed E-state index contributed by atoms with van der Waals surface area (Å²) < 4.78 is 10.6. The lowest BCUT2D eigenvalue weighted by Crippen LogP contribution is -2.46. The molecule has 4 heteroatoms. The Morgan fingerprint density at radius 2 is 2.39 bits per heavy atom. The van der Waals surface area contributed by atoms with Crippen LogP contribution in [0, 0.1) is 0 Å². The zero-order valence-corrected chi connectivity index (χ0v) is 10.9.